The largest absolute Gasteiger partial charge is 0.476 e. The van der Waals surface area contributed by atoms with Gasteiger partial charge in [0.05, 0.1) is 6.54 Å². The standard InChI is InChI=1S/C10H10N4O3S/c15-9(16)6-4-17-10(12-6)11-3-7-13-14-8(18-7)5-1-2-5/h4-5H,1-3H2,(H,11,12)(H,15,16). The zero-order chi connectivity index (χ0) is 12.5. The molecule has 0 bridgehead atoms. The topological polar surface area (TPSA) is 101 Å². The van der Waals surface area contributed by atoms with E-state index in [2.05, 4.69) is 20.5 Å². The summed E-state index contributed by atoms with van der Waals surface area (Å²) in [6.07, 6.45) is 3.49. The number of hydrogen-bond donors (Lipinski definition) is 2. The number of hydrogen-bond acceptors (Lipinski definition) is 7. The highest BCUT2D eigenvalue weighted by atomic mass is 32.1. The van der Waals surface area contributed by atoms with Crippen LogP contribution >= 0.6 is 11.3 Å². The molecule has 1 aliphatic rings. The van der Waals surface area contributed by atoms with Gasteiger partial charge in [0, 0.05) is 5.92 Å². The van der Waals surface area contributed by atoms with Gasteiger partial charge in [-0.2, -0.15) is 4.98 Å². The minimum absolute atomic E-state index is 0.117. The first-order valence-electron chi connectivity index (χ1n) is 5.47. The lowest BCUT2D eigenvalue weighted by Crippen LogP contribution is -2.01. The molecule has 2 aromatic heterocycles. The third kappa shape index (κ3) is 2.33. The molecule has 94 valence electrons. The van der Waals surface area contributed by atoms with Crippen LogP contribution in [0.15, 0.2) is 10.7 Å². The number of aromatic carboxylic acids is 1. The predicted molar refractivity (Wildman–Crippen MR) is 62.7 cm³/mol. The molecular formula is C10H10N4O3S. The van der Waals surface area contributed by atoms with Gasteiger partial charge in [-0.3, -0.25) is 0 Å². The molecular weight excluding hydrogens is 256 g/mol. The molecule has 1 saturated carbocycles. The Bertz CT molecular complexity index is 575. The van der Waals surface area contributed by atoms with Gasteiger partial charge in [0.2, 0.25) is 0 Å². The molecule has 18 heavy (non-hydrogen) atoms. The number of carboxylic acid groups (broad SMARTS) is 1. The van der Waals surface area contributed by atoms with Crippen LogP contribution in [0.5, 0.6) is 0 Å². The molecule has 0 amide bonds. The second-order valence-corrected chi connectivity index (χ2v) is 5.10. The van der Waals surface area contributed by atoms with Crippen LogP contribution in [-0.2, 0) is 6.54 Å². The van der Waals surface area contributed by atoms with Gasteiger partial charge in [-0.05, 0) is 12.8 Å². The van der Waals surface area contributed by atoms with Gasteiger partial charge < -0.3 is 14.8 Å². The van der Waals surface area contributed by atoms with Gasteiger partial charge in [0.25, 0.3) is 6.01 Å². The molecule has 2 N–H and O–H groups in total. The number of oxazole rings is 1. The maximum Gasteiger partial charge on any atom is 0.357 e. The summed E-state index contributed by atoms with van der Waals surface area (Å²) >= 11 is 1.57. The molecule has 0 aromatic carbocycles. The molecule has 0 aliphatic heterocycles. The zero-order valence-corrected chi connectivity index (χ0v) is 10.1. The Kier molecular flexibility index (Phi) is 2.71. The quantitative estimate of drug-likeness (QED) is 0.849. The fourth-order valence-corrected chi connectivity index (χ4v) is 2.39. The number of aromatic nitrogens is 3. The molecule has 1 fully saturated rings. The van der Waals surface area contributed by atoms with Crippen LogP contribution in [0, 0.1) is 0 Å². The van der Waals surface area contributed by atoms with Crippen molar-refractivity contribution in [1.29, 1.82) is 0 Å². The van der Waals surface area contributed by atoms with Crippen LogP contribution in [0.25, 0.3) is 0 Å². The maximum absolute atomic E-state index is 10.6. The van der Waals surface area contributed by atoms with Gasteiger partial charge in [0.1, 0.15) is 16.3 Å². The van der Waals surface area contributed by atoms with Crippen molar-refractivity contribution >= 4 is 23.3 Å². The molecule has 0 unspecified atom stereocenters. The second kappa shape index (κ2) is 4.37. The fourth-order valence-electron chi connectivity index (χ4n) is 1.44. The SMILES string of the molecule is O=C(O)c1coc(NCc2nnc(C3CC3)s2)n1. The molecule has 2 aromatic rings. The Balaban J connectivity index is 1.60. The summed E-state index contributed by atoms with van der Waals surface area (Å²) in [5.41, 5.74) is -0.117. The van der Waals surface area contributed by atoms with Crippen molar-refractivity contribution in [2.24, 2.45) is 0 Å². The van der Waals surface area contributed by atoms with Crippen molar-refractivity contribution in [3.05, 3.63) is 22.0 Å². The Morgan fingerprint density at radius 1 is 1.56 bits per heavy atom. The number of carboxylic acids is 1. The van der Waals surface area contributed by atoms with Crippen molar-refractivity contribution < 1.29 is 14.3 Å². The minimum Gasteiger partial charge on any atom is -0.476 e. The predicted octanol–water partition coefficient (Wildman–Crippen LogP) is 1.71. The smallest absolute Gasteiger partial charge is 0.357 e. The van der Waals surface area contributed by atoms with Crippen molar-refractivity contribution in [2.75, 3.05) is 5.32 Å². The zero-order valence-electron chi connectivity index (χ0n) is 9.29. The summed E-state index contributed by atoms with van der Waals surface area (Å²) in [6.45, 7) is 0.434. The van der Waals surface area contributed by atoms with Crippen molar-refractivity contribution in [3.63, 3.8) is 0 Å². The highest BCUT2D eigenvalue weighted by Crippen LogP contribution is 2.41. The monoisotopic (exact) mass is 266 g/mol. The average molecular weight is 266 g/mol. The molecule has 0 atom stereocenters. The summed E-state index contributed by atoms with van der Waals surface area (Å²) < 4.78 is 4.97. The van der Waals surface area contributed by atoms with Crippen molar-refractivity contribution in [3.8, 4) is 0 Å². The molecule has 8 heteroatoms. The first-order valence-corrected chi connectivity index (χ1v) is 6.29. The van der Waals surface area contributed by atoms with Crippen LogP contribution in [0.1, 0.15) is 39.3 Å². The molecule has 3 rings (SSSR count). The number of nitrogens with zero attached hydrogens (tertiary/aromatic N) is 3. The van der Waals surface area contributed by atoms with E-state index in [1.807, 2.05) is 0 Å². The first kappa shape index (κ1) is 11.1. The highest BCUT2D eigenvalue weighted by molar-refractivity contribution is 7.11. The van der Waals surface area contributed by atoms with E-state index in [-0.39, 0.29) is 11.7 Å². The normalized spacial score (nSPS) is 14.7. The number of rotatable bonds is 5. The van der Waals surface area contributed by atoms with E-state index in [1.54, 1.807) is 11.3 Å². The van der Waals surface area contributed by atoms with Gasteiger partial charge >= 0.3 is 5.97 Å². The maximum atomic E-state index is 10.6. The van der Waals surface area contributed by atoms with Crippen LogP contribution in [0.2, 0.25) is 0 Å². The lowest BCUT2D eigenvalue weighted by Gasteiger charge is -1.95. The summed E-state index contributed by atoms with van der Waals surface area (Å²) in [4.78, 5) is 14.4. The van der Waals surface area contributed by atoms with Crippen molar-refractivity contribution in [1.82, 2.24) is 15.2 Å². The van der Waals surface area contributed by atoms with E-state index in [1.165, 1.54) is 12.8 Å². The van der Waals surface area contributed by atoms with Crippen LogP contribution in [-0.4, -0.2) is 26.3 Å². The molecule has 1 aliphatic carbocycles. The Morgan fingerprint density at radius 2 is 2.39 bits per heavy atom. The third-order valence-electron chi connectivity index (χ3n) is 2.52. The second-order valence-electron chi connectivity index (χ2n) is 4.00. The Morgan fingerprint density at radius 3 is 3.06 bits per heavy atom. The Labute approximate surface area is 106 Å². The van der Waals surface area contributed by atoms with Gasteiger partial charge in [0.15, 0.2) is 5.69 Å². The number of carbonyl (C=O) groups is 1. The average Bonchev–Trinajstić information content (AvgIpc) is 2.92. The molecule has 0 radical (unpaired) electrons. The highest BCUT2D eigenvalue weighted by Gasteiger charge is 2.27. The summed E-state index contributed by atoms with van der Waals surface area (Å²) in [7, 11) is 0. The third-order valence-corrected chi connectivity index (χ3v) is 3.61. The molecule has 0 spiro atoms. The number of nitrogens with one attached hydrogen (secondary N) is 1. The lowest BCUT2D eigenvalue weighted by molar-refractivity contribution is 0.0690. The van der Waals surface area contributed by atoms with E-state index in [9.17, 15) is 4.79 Å². The van der Waals surface area contributed by atoms with E-state index < -0.39 is 5.97 Å². The first-order chi connectivity index (χ1) is 8.72. The molecule has 2 heterocycles. The number of anilines is 1. The summed E-state index contributed by atoms with van der Waals surface area (Å²) in [5.74, 6) is -0.518. The van der Waals surface area contributed by atoms with Crippen LogP contribution in [0.4, 0.5) is 6.01 Å². The summed E-state index contributed by atoms with van der Waals surface area (Å²) in [6, 6.07) is 0.176. The van der Waals surface area contributed by atoms with Gasteiger partial charge in [-0.15, -0.1) is 10.2 Å². The van der Waals surface area contributed by atoms with Crippen molar-refractivity contribution in [2.45, 2.75) is 25.3 Å². The summed E-state index contributed by atoms with van der Waals surface area (Å²) in [5, 5.41) is 21.6. The lowest BCUT2D eigenvalue weighted by atomic mass is 10.5. The van der Waals surface area contributed by atoms with E-state index in [0.717, 1.165) is 16.3 Å². The van der Waals surface area contributed by atoms with E-state index in [4.69, 9.17) is 9.52 Å². The van der Waals surface area contributed by atoms with E-state index in [0.29, 0.717) is 12.5 Å². The van der Waals surface area contributed by atoms with Crippen LogP contribution in [0.3, 0.4) is 0 Å². The molecule has 0 saturated heterocycles. The Hall–Kier alpha value is -1.96. The van der Waals surface area contributed by atoms with Gasteiger partial charge in [-0.25, -0.2) is 4.79 Å². The van der Waals surface area contributed by atoms with Gasteiger partial charge in [-0.1, -0.05) is 11.3 Å². The van der Waals surface area contributed by atoms with Crippen LogP contribution < -0.4 is 5.32 Å². The molecule has 7 nitrogen and oxygen atoms in total. The minimum atomic E-state index is -1.11. The fraction of sp³-hybridized carbons (Fsp3) is 0.400. The van der Waals surface area contributed by atoms with E-state index >= 15 is 0 Å².